The Bertz CT molecular complexity index is 1460. The van der Waals surface area contributed by atoms with Crippen LogP contribution in [0.25, 0.3) is 11.3 Å². The summed E-state index contributed by atoms with van der Waals surface area (Å²) in [6.45, 7) is 10.6. The van der Waals surface area contributed by atoms with Gasteiger partial charge in [0.15, 0.2) is 5.13 Å². The minimum Gasteiger partial charge on any atom is -0.343 e. The lowest BCUT2D eigenvalue weighted by Gasteiger charge is -2.09. The third-order valence-corrected chi connectivity index (χ3v) is 7.62. The number of rotatable bonds is 10. The van der Waals surface area contributed by atoms with E-state index >= 15 is 0 Å². The first kappa shape index (κ1) is 32.6. The van der Waals surface area contributed by atoms with Gasteiger partial charge in [0.25, 0.3) is 5.91 Å². The van der Waals surface area contributed by atoms with Gasteiger partial charge in [0, 0.05) is 42.4 Å². The van der Waals surface area contributed by atoms with Crippen LogP contribution in [0.2, 0.25) is 0 Å². The zero-order chi connectivity index (χ0) is 30.5. The van der Waals surface area contributed by atoms with Crippen molar-refractivity contribution in [2.24, 2.45) is 10.9 Å². The van der Waals surface area contributed by atoms with Crippen molar-refractivity contribution < 1.29 is 9.59 Å². The van der Waals surface area contributed by atoms with Crippen molar-refractivity contribution in [3.63, 3.8) is 0 Å². The molecule has 3 aromatic rings. The van der Waals surface area contributed by atoms with Crippen LogP contribution in [0.3, 0.4) is 0 Å². The van der Waals surface area contributed by atoms with Crippen molar-refractivity contribution in [2.75, 3.05) is 18.9 Å². The molecular weight excluding hydrogens is 542 g/mol. The molecule has 2 N–H and O–H groups in total. The normalized spacial score (nSPS) is 13.6. The predicted molar refractivity (Wildman–Crippen MR) is 175 cm³/mol. The molecular formula is C34H43N5O2S. The van der Waals surface area contributed by atoms with E-state index in [-0.39, 0.29) is 23.9 Å². The predicted octanol–water partition coefficient (Wildman–Crippen LogP) is 7.32. The molecule has 1 saturated carbocycles. The van der Waals surface area contributed by atoms with Crippen LogP contribution in [0, 0.1) is 17.8 Å². The van der Waals surface area contributed by atoms with Crippen molar-refractivity contribution in [2.45, 2.75) is 72.3 Å². The largest absolute Gasteiger partial charge is 0.343 e. The topological polar surface area (TPSA) is 88.4 Å². The summed E-state index contributed by atoms with van der Waals surface area (Å²) < 4.78 is 2.02. The molecule has 0 spiro atoms. The van der Waals surface area contributed by atoms with Crippen LogP contribution in [-0.2, 0) is 10.3 Å². The number of benzene rings is 1. The van der Waals surface area contributed by atoms with Gasteiger partial charge in [-0.15, -0.1) is 17.3 Å². The number of allylic oxidation sites excluding steroid dienone is 2. The quantitative estimate of drug-likeness (QED) is 0.193. The molecule has 0 unspecified atom stereocenters. The molecule has 0 radical (unpaired) electrons. The number of hydrogen-bond donors (Lipinski definition) is 2. The van der Waals surface area contributed by atoms with E-state index in [0.717, 1.165) is 54.1 Å². The van der Waals surface area contributed by atoms with Gasteiger partial charge >= 0.3 is 0 Å². The third-order valence-electron chi connectivity index (χ3n) is 6.87. The van der Waals surface area contributed by atoms with E-state index in [1.807, 2.05) is 65.7 Å². The van der Waals surface area contributed by atoms with E-state index in [1.165, 1.54) is 17.8 Å². The Hall–Kier alpha value is -3.96. The zero-order valence-electron chi connectivity index (χ0n) is 25.7. The number of aliphatic imine (C=N–C) groups is 1. The van der Waals surface area contributed by atoms with Gasteiger partial charge in [-0.05, 0) is 50.3 Å². The molecule has 2 aromatic heterocycles. The maximum Gasteiger partial charge on any atom is 0.253 e. The first-order valence-electron chi connectivity index (χ1n) is 14.7. The average molecular weight is 586 g/mol. The third kappa shape index (κ3) is 9.28. The molecule has 4 rings (SSSR count). The fraction of sp³-hybridized carbons (Fsp3) is 0.412. The molecule has 7 nitrogen and oxygen atoms in total. The van der Waals surface area contributed by atoms with E-state index in [9.17, 15) is 9.59 Å². The number of nitrogens with zero attached hydrogens (tertiary/aromatic N) is 3. The Morgan fingerprint density at radius 2 is 1.98 bits per heavy atom. The Balaban J connectivity index is 0.000000892. The van der Waals surface area contributed by atoms with E-state index in [2.05, 4.69) is 60.1 Å². The molecule has 1 aliphatic carbocycles. The van der Waals surface area contributed by atoms with Gasteiger partial charge in [-0.25, -0.2) is 4.98 Å². The summed E-state index contributed by atoms with van der Waals surface area (Å²) in [7, 11) is 1.76. The number of carbonyl (C=O) groups excluding carboxylic acids is 2. The Morgan fingerprint density at radius 3 is 2.62 bits per heavy atom. The van der Waals surface area contributed by atoms with Crippen LogP contribution in [0.5, 0.6) is 0 Å². The number of thiazole rings is 1. The van der Waals surface area contributed by atoms with E-state index in [4.69, 9.17) is 0 Å². The SMILES string of the molecule is C/C=C\C(=NC)c1cccc(-c2csc(NC(=O)CNC(=O)c3ccn(C4(C#CCCC)CC4)c3)n2)c1.CCC(C)C. The molecule has 42 heavy (non-hydrogen) atoms. The Morgan fingerprint density at radius 1 is 1.21 bits per heavy atom. The standard InChI is InChI=1S/C29H31N5O2S.C5H12/c1-4-6-7-13-29(14-15-29)34-16-12-23(19-34)27(36)31-18-26(35)33-28-32-25(20-37-28)22-11-8-10-21(17-22)24(30-3)9-5-2;1-4-5(2)3/h5,8-12,16-17,19-20H,4,6,14-15,18H2,1-3H3,(H,31,36)(H,32,33,35);5H,4H2,1-3H3/b9-5-,30-24?;. The number of carbonyl (C=O) groups is 2. The summed E-state index contributed by atoms with van der Waals surface area (Å²) in [5.41, 5.74) is 3.92. The van der Waals surface area contributed by atoms with Gasteiger partial charge in [0.1, 0.15) is 5.54 Å². The molecule has 0 saturated heterocycles. The summed E-state index contributed by atoms with van der Waals surface area (Å²) in [6.07, 6.45) is 12.8. The summed E-state index contributed by atoms with van der Waals surface area (Å²) in [4.78, 5) is 33.9. The molecule has 222 valence electrons. The molecule has 1 fully saturated rings. The van der Waals surface area contributed by atoms with Gasteiger partial charge in [-0.3, -0.25) is 14.6 Å². The van der Waals surface area contributed by atoms with Crippen molar-refractivity contribution in [1.29, 1.82) is 0 Å². The molecule has 8 heteroatoms. The Labute approximate surface area is 254 Å². The van der Waals surface area contributed by atoms with Crippen LogP contribution < -0.4 is 10.6 Å². The minimum absolute atomic E-state index is 0.143. The summed E-state index contributed by atoms with van der Waals surface area (Å²) in [6, 6.07) is 9.72. The maximum atomic E-state index is 12.6. The number of unbranched alkanes of at least 4 members (excludes halogenated alkanes) is 1. The monoisotopic (exact) mass is 585 g/mol. The second kappa shape index (κ2) is 15.9. The van der Waals surface area contributed by atoms with Gasteiger partial charge in [0.2, 0.25) is 5.91 Å². The molecule has 0 bridgehead atoms. The number of nitrogens with one attached hydrogen (secondary N) is 2. The van der Waals surface area contributed by atoms with Crippen molar-refractivity contribution in [3.05, 3.63) is 71.4 Å². The van der Waals surface area contributed by atoms with Crippen molar-refractivity contribution in [3.8, 4) is 23.1 Å². The highest BCUT2D eigenvalue weighted by atomic mass is 32.1. The van der Waals surface area contributed by atoms with E-state index in [1.54, 1.807) is 13.1 Å². The van der Waals surface area contributed by atoms with Crippen LogP contribution >= 0.6 is 11.3 Å². The second-order valence-electron chi connectivity index (χ2n) is 10.7. The first-order chi connectivity index (χ1) is 20.2. The highest BCUT2D eigenvalue weighted by molar-refractivity contribution is 7.14. The zero-order valence-corrected chi connectivity index (χ0v) is 26.5. The summed E-state index contributed by atoms with van der Waals surface area (Å²) in [5, 5.41) is 7.83. The van der Waals surface area contributed by atoms with Gasteiger partial charge in [0.05, 0.1) is 23.5 Å². The second-order valence-corrected chi connectivity index (χ2v) is 11.5. The van der Waals surface area contributed by atoms with Crippen LogP contribution in [-0.4, -0.2) is 40.7 Å². The van der Waals surface area contributed by atoms with Gasteiger partial charge in [-0.2, -0.15) is 0 Å². The smallest absolute Gasteiger partial charge is 0.253 e. The lowest BCUT2D eigenvalue weighted by Crippen LogP contribution is -2.32. The molecule has 2 amide bonds. The molecule has 0 atom stereocenters. The summed E-state index contributed by atoms with van der Waals surface area (Å²) >= 11 is 1.34. The van der Waals surface area contributed by atoms with Gasteiger partial charge in [-0.1, -0.05) is 64.3 Å². The average Bonchev–Trinajstić information content (AvgIpc) is 3.37. The van der Waals surface area contributed by atoms with Crippen molar-refractivity contribution in [1.82, 2.24) is 14.9 Å². The van der Waals surface area contributed by atoms with Crippen LogP contribution in [0.15, 0.2) is 65.3 Å². The number of amides is 2. The van der Waals surface area contributed by atoms with E-state index in [0.29, 0.717) is 10.7 Å². The number of aromatic nitrogens is 2. The van der Waals surface area contributed by atoms with Crippen LogP contribution in [0.1, 0.15) is 82.6 Å². The van der Waals surface area contributed by atoms with Crippen molar-refractivity contribution >= 4 is 34.0 Å². The molecule has 1 aromatic carbocycles. The number of anilines is 1. The lowest BCUT2D eigenvalue weighted by molar-refractivity contribution is -0.115. The Kier molecular flexibility index (Phi) is 12.3. The first-order valence-corrected chi connectivity index (χ1v) is 15.6. The highest BCUT2D eigenvalue weighted by Gasteiger charge is 2.42. The highest BCUT2D eigenvalue weighted by Crippen LogP contribution is 2.43. The minimum atomic E-state index is -0.333. The number of hydrogen-bond acceptors (Lipinski definition) is 5. The molecule has 0 aliphatic heterocycles. The fourth-order valence-corrected chi connectivity index (χ4v) is 4.64. The van der Waals surface area contributed by atoms with Crippen LogP contribution in [0.4, 0.5) is 5.13 Å². The molecule has 2 heterocycles. The van der Waals surface area contributed by atoms with E-state index < -0.39 is 0 Å². The fourth-order valence-electron chi connectivity index (χ4n) is 3.90. The lowest BCUT2D eigenvalue weighted by atomic mass is 10.0. The van der Waals surface area contributed by atoms with Gasteiger partial charge < -0.3 is 15.2 Å². The summed E-state index contributed by atoms with van der Waals surface area (Å²) in [5.74, 6) is 6.84. The maximum absolute atomic E-state index is 12.6. The molecule has 1 aliphatic rings.